The molecule has 0 aliphatic heterocycles. The van der Waals surface area contributed by atoms with Crippen LogP contribution in [0.1, 0.15) is 18.1 Å². The van der Waals surface area contributed by atoms with E-state index in [0.29, 0.717) is 17.9 Å². The Balaban J connectivity index is 3.01. The van der Waals surface area contributed by atoms with Gasteiger partial charge >= 0.3 is 6.01 Å². The van der Waals surface area contributed by atoms with Gasteiger partial charge in [-0.25, -0.2) is 4.98 Å². The Morgan fingerprint density at radius 2 is 2.27 bits per heavy atom. The number of aliphatic hydroxyl groups is 1. The first-order valence-electron chi connectivity index (χ1n) is 4.46. The lowest BCUT2D eigenvalue weighted by Gasteiger charge is -2.12. The van der Waals surface area contributed by atoms with Crippen molar-refractivity contribution in [3.05, 3.63) is 24.4 Å². The highest BCUT2D eigenvalue weighted by Crippen LogP contribution is 2.25. The summed E-state index contributed by atoms with van der Waals surface area (Å²) in [4.78, 5) is 7.86. The third kappa shape index (κ3) is 2.66. The van der Waals surface area contributed by atoms with Gasteiger partial charge in [0.15, 0.2) is 0 Å². The Morgan fingerprint density at radius 3 is 2.80 bits per heavy atom. The summed E-state index contributed by atoms with van der Waals surface area (Å²) in [5.41, 5.74) is 0.526. The average Bonchev–Trinajstić information content (AvgIpc) is 2.28. The summed E-state index contributed by atoms with van der Waals surface area (Å²) in [5.74, 6) is 0.316. The van der Waals surface area contributed by atoms with Gasteiger partial charge in [-0.2, -0.15) is 4.98 Å². The highest BCUT2D eigenvalue weighted by Gasteiger charge is 2.15. The molecule has 0 amide bonds. The SMILES string of the molecule is C=CC[C@@H](O)c1cnc(OC)nc1OC. The number of nitrogens with zero attached hydrogens (tertiary/aromatic N) is 2. The van der Waals surface area contributed by atoms with Crippen LogP contribution >= 0.6 is 0 Å². The zero-order chi connectivity index (χ0) is 11.3. The van der Waals surface area contributed by atoms with Crippen LogP contribution in [0.4, 0.5) is 0 Å². The molecular weight excluding hydrogens is 196 g/mol. The maximum Gasteiger partial charge on any atom is 0.319 e. The molecule has 1 heterocycles. The number of aromatic nitrogens is 2. The maximum absolute atomic E-state index is 9.72. The van der Waals surface area contributed by atoms with Crippen LogP contribution in [0, 0.1) is 0 Å². The fraction of sp³-hybridized carbons (Fsp3) is 0.400. The maximum atomic E-state index is 9.72. The van der Waals surface area contributed by atoms with Gasteiger partial charge in [0.2, 0.25) is 5.88 Å². The molecule has 0 saturated heterocycles. The van der Waals surface area contributed by atoms with E-state index >= 15 is 0 Å². The van der Waals surface area contributed by atoms with Crippen LogP contribution in [0.5, 0.6) is 11.9 Å². The number of methoxy groups -OCH3 is 2. The lowest BCUT2D eigenvalue weighted by atomic mass is 10.1. The molecule has 5 heteroatoms. The highest BCUT2D eigenvalue weighted by atomic mass is 16.5. The summed E-state index contributed by atoms with van der Waals surface area (Å²) in [6, 6.07) is 0.210. The van der Waals surface area contributed by atoms with Crippen LogP contribution in [0.3, 0.4) is 0 Å². The van der Waals surface area contributed by atoms with Crippen LogP contribution in [-0.4, -0.2) is 29.3 Å². The molecule has 1 N–H and O–H groups in total. The Hall–Kier alpha value is -1.62. The molecular formula is C10H14N2O3. The molecule has 0 aliphatic carbocycles. The van der Waals surface area contributed by atoms with Crippen molar-refractivity contribution in [2.24, 2.45) is 0 Å². The molecule has 1 aromatic heterocycles. The smallest absolute Gasteiger partial charge is 0.319 e. The molecule has 0 aliphatic rings. The first kappa shape index (κ1) is 11.5. The summed E-state index contributed by atoms with van der Waals surface area (Å²) < 4.78 is 9.88. The van der Waals surface area contributed by atoms with Crippen LogP contribution in [0.15, 0.2) is 18.9 Å². The summed E-state index contributed by atoms with van der Waals surface area (Å²) in [5, 5.41) is 9.72. The molecule has 0 aromatic carbocycles. The van der Waals surface area contributed by atoms with E-state index in [1.54, 1.807) is 6.08 Å². The number of ether oxygens (including phenoxy) is 2. The largest absolute Gasteiger partial charge is 0.481 e. The van der Waals surface area contributed by atoms with Crippen molar-refractivity contribution < 1.29 is 14.6 Å². The second kappa shape index (κ2) is 5.31. The lowest BCUT2D eigenvalue weighted by Crippen LogP contribution is -2.04. The molecule has 1 rings (SSSR count). The van der Waals surface area contributed by atoms with Gasteiger partial charge in [0.25, 0.3) is 0 Å². The van der Waals surface area contributed by atoms with Gasteiger partial charge in [-0.05, 0) is 6.42 Å². The Labute approximate surface area is 88.4 Å². The zero-order valence-electron chi connectivity index (χ0n) is 8.80. The second-order valence-electron chi connectivity index (χ2n) is 2.86. The normalized spacial score (nSPS) is 11.9. The monoisotopic (exact) mass is 210 g/mol. The van der Waals surface area contributed by atoms with Crippen molar-refractivity contribution in [2.75, 3.05) is 14.2 Å². The third-order valence-electron chi connectivity index (χ3n) is 1.88. The van der Waals surface area contributed by atoms with Gasteiger partial charge in [-0.1, -0.05) is 6.08 Å². The minimum Gasteiger partial charge on any atom is -0.481 e. The van der Waals surface area contributed by atoms with E-state index in [2.05, 4.69) is 16.5 Å². The van der Waals surface area contributed by atoms with Crippen LogP contribution in [0.2, 0.25) is 0 Å². The lowest BCUT2D eigenvalue weighted by molar-refractivity contribution is 0.174. The van der Waals surface area contributed by atoms with Gasteiger partial charge in [0.1, 0.15) is 0 Å². The first-order valence-corrected chi connectivity index (χ1v) is 4.46. The van der Waals surface area contributed by atoms with E-state index in [1.165, 1.54) is 20.4 Å². The summed E-state index contributed by atoms with van der Waals surface area (Å²) >= 11 is 0. The van der Waals surface area contributed by atoms with Gasteiger partial charge < -0.3 is 14.6 Å². The molecule has 0 unspecified atom stereocenters. The topological polar surface area (TPSA) is 64.5 Å². The van der Waals surface area contributed by atoms with Crippen molar-refractivity contribution in [1.29, 1.82) is 0 Å². The summed E-state index contributed by atoms with van der Waals surface area (Å²) in [7, 11) is 2.94. The number of rotatable bonds is 5. The predicted molar refractivity (Wildman–Crippen MR) is 54.9 cm³/mol. The highest BCUT2D eigenvalue weighted by molar-refractivity contribution is 5.27. The van der Waals surface area contributed by atoms with Gasteiger partial charge in [-0.3, -0.25) is 0 Å². The van der Waals surface area contributed by atoms with Crippen molar-refractivity contribution in [1.82, 2.24) is 9.97 Å². The number of aliphatic hydroxyl groups excluding tert-OH is 1. The molecule has 0 bridgehead atoms. The Morgan fingerprint density at radius 1 is 1.53 bits per heavy atom. The standard InChI is InChI=1S/C10H14N2O3/c1-4-5-8(13)7-6-11-10(15-3)12-9(7)14-2/h4,6,8,13H,1,5H2,2-3H3/t8-/m1/s1. The van der Waals surface area contributed by atoms with Crippen LogP contribution in [-0.2, 0) is 0 Å². The van der Waals surface area contributed by atoms with Gasteiger partial charge in [-0.15, -0.1) is 6.58 Å². The van der Waals surface area contributed by atoms with Crippen LogP contribution in [0.25, 0.3) is 0 Å². The van der Waals surface area contributed by atoms with E-state index < -0.39 is 6.10 Å². The molecule has 0 fully saturated rings. The molecule has 82 valence electrons. The van der Waals surface area contributed by atoms with Crippen molar-refractivity contribution in [3.63, 3.8) is 0 Å². The van der Waals surface area contributed by atoms with E-state index in [4.69, 9.17) is 9.47 Å². The summed E-state index contributed by atoms with van der Waals surface area (Å²) in [6.07, 6.45) is 2.82. The van der Waals surface area contributed by atoms with E-state index in [0.717, 1.165) is 0 Å². The van der Waals surface area contributed by atoms with E-state index in [9.17, 15) is 5.11 Å². The van der Waals surface area contributed by atoms with Gasteiger partial charge in [0, 0.05) is 6.20 Å². The van der Waals surface area contributed by atoms with E-state index in [1.807, 2.05) is 0 Å². The molecule has 0 radical (unpaired) electrons. The zero-order valence-corrected chi connectivity index (χ0v) is 8.80. The van der Waals surface area contributed by atoms with Crippen LogP contribution < -0.4 is 9.47 Å². The molecule has 0 spiro atoms. The average molecular weight is 210 g/mol. The first-order chi connectivity index (χ1) is 7.22. The molecule has 15 heavy (non-hydrogen) atoms. The molecule has 1 atom stereocenters. The fourth-order valence-corrected chi connectivity index (χ4v) is 1.14. The quantitative estimate of drug-likeness (QED) is 0.737. The van der Waals surface area contributed by atoms with Gasteiger partial charge in [0.05, 0.1) is 25.9 Å². The Bertz CT molecular complexity index is 341. The molecule has 1 aromatic rings. The third-order valence-corrected chi connectivity index (χ3v) is 1.88. The molecule has 0 saturated carbocycles. The van der Waals surface area contributed by atoms with Crippen molar-refractivity contribution in [2.45, 2.75) is 12.5 Å². The number of hydrogen-bond donors (Lipinski definition) is 1. The summed E-state index contributed by atoms with van der Waals surface area (Å²) in [6.45, 7) is 3.55. The minimum atomic E-state index is -0.705. The van der Waals surface area contributed by atoms with Crippen molar-refractivity contribution >= 4 is 0 Å². The molecule has 5 nitrogen and oxygen atoms in total. The minimum absolute atomic E-state index is 0.210. The van der Waals surface area contributed by atoms with E-state index in [-0.39, 0.29) is 6.01 Å². The number of hydrogen-bond acceptors (Lipinski definition) is 5. The van der Waals surface area contributed by atoms with Crippen molar-refractivity contribution in [3.8, 4) is 11.9 Å². The Kier molecular flexibility index (Phi) is 4.05. The second-order valence-corrected chi connectivity index (χ2v) is 2.86. The predicted octanol–water partition coefficient (Wildman–Crippen LogP) is 1.10. The fourth-order valence-electron chi connectivity index (χ4n) is 1.14.